The molecule has 2 unspecified atom stereocenters. The van der Waals surface area contributed by atoms with Crippen molar-refractivity contribution >= 4 is 6.09 Å². The van der Waals surface area contributed by atoms with Crippen molar-refractivity contribution in [3.8, 4) is 6.07 Å². The molecule has 106 valence electrons. The first kappa shape index (κ1) is 14.2. The van der Waals surface area contributed by atoms with E-state index >= 15 is 0 Å². The molecule has 0 aromatic heterocycles. The molecule has 1 aliphatic carbocycles. The third-order valence-corrected chi connectivity index (χ3v) is 4.45. The lowest BCUT2D eigenvalue weighted by Gasteiger charge is -2.35. The highest BCUT2D eigenvalue weighted by Gasteiger charge is 2.54. The Morgan fingerprint density at radius 1 is 1.37 bits per heavy atom. The molecule has 2 fully saturated rings. The van der Waals surface area contributed by atoms with E-state index in [4.69, 9.17) is 4.74 Å². The van der Waals surface area contributed by atoms with Crippen LogP contribution in [0.4, 0.5) is 4.79 Å². The number of amides is 1. The maximum Gasteiger partial charge on any atom is 0.411 e. The first-order valence-electron chi connectivity index (χ1n) is 7.20. The van der Waals surface area contributed by atoms with E-state index in [1.54, 1.807) is 4.90 Å². The SMILES string of the molecule is CC(C)(C)OC(=O)N1CC2CCCCC2[C@@]1(C)C#N. The van der Waals surface area contributed by atoms with E-state index in [0.29, 0.717) is 18.4 Å². The molecule has 0 spiro atoms. The summed E-state index contributed by atoms with van der Waals surface area (Å²) in [5, 5.41) is 9.58. The summed E-state index contributed by atoms with van der Waals surface area (Å²) < 4.78 is 5.46. The largest absolute Gasteiger partial charge is 0.444 e. The average molecular weight is 264 g/mol. The van der Waals surface area contributed by atoms with E-state index in [-0.39, 0.29) is 6.09 Å². The summed E-state index contributed by atoms with van der Waals surface area (Å²) in [5.41, 5.74) is -1.21. The lowest BCUT2D eigenvalue weighted by atomic mass is 9.73. The Morgan fingerprint density at radius 2 is 2.00 bits per heavy atom. The number of carbonyl (C=O) groups is 1. The fraction of sp³-hybridized carbons (Fsp3) is 0.867. The lowest BCUT2D eigenvalue weighted by Crippen LogP contribution is -2.49. The Hall–Kier alpha value is -1.24. The molecule has 19 heavy (non-hydrogen) atoms. The van der Waals surface area contributed by atoms with E-state index in [1.807, 2.05) is 27.7 Å². The standard InChI is InChI=1S/C15H24N2O2/c1-14(2,3)19-13(18)17-9-11-7-5-6-8-12(11)15(17,4)10-16/h11-12H,5-9H2,1-4H3/t11?,12?,15-/m1/s1. The van der Waals surface area contributed by atoms with Crippen LogP contribution in [0.1, 0.15) is 53.4 Å². The van der Waals surface area contributed by atoms with Crippen LogP contribution in [-0.4, -0.2) is 28.7 Å². The Bertz CT molecular complexity index is 407. The number of hydrogen-bond donors (Lipinski definition) is 0. The molecule has 0 aromatic carbocycles. The third kappa shape index (κ3) is 2.56. The number of fused-ring (bicyclic) bond motifs is 1. The molecular weight excluding hydrogens is 240 g/mol. The van der Waals surface area contributed by atoms with Crippen molar-refractivity contribution in [2.45, 2.75) is 64.5 Å². The molecule has 0 radical (unpaired) electrons. The van der Waals surface area contributed by atoms with Gasteiger partial charge in [0.2, 0.25) is 0 Å². The summed E-state index contributed by atoms with van der Waals surface area (Å²) in [6, 6.07) is 2.38. The fourth-order valence-electron chi connectivity index (χ4n) is 3.51. The molecule has 4 nitrogen and oxygen atoms in total. The molecule has 4 heteroatoms. The Balaban J connectivity index is 2.21. The summed E-state index contributed by atoms with van der Waals surface area (Å²) in [4.78, 5) is 14.0. The molecule has 0 bridgehead atoms. The molecule has 1 saturated heterocycles. The highest BCUT2D eigenvalue weighted by Crippen LogP contribution is 2.46. The number of rotatable bonds is 0. The minimum Gasteiger partial charge on any atom is -0.444 e. The predicted octanol–water partition coefficient (Wildman–Crippen LogP) is 3.33. The molecule has 2 aliphatic rings. The van der Waals surface area contributed by atoms with Crippen molar-refractivity contribution in [3.63, 3.8) is 0 Å². The maximum absolute atomic E-state index is 12.3. The number of nitriles is 1. The van der Waals surface area contributed by atoms with E-state index in [0.717, 1.165) is 12.8 Å². The molecule has 1 aliphatic heterocycles. The van der Waals surface area contributed by atoms with Crippen LogP contribution in [0.2, 0.25) is 0 Å². The normalized spacial score (nSPS) is 34.6. The first-order chi connectivity index (χ1) is 8.78. The highest BCUT2D eigenvalue weighted by atomic mass is 16.6. The fourth-order valence-corrected chi connectivity index (χ4v) is 3.51. The smallest absolute Gasteiger partial charge is 0.411 e. The highest BCUT2D eigenvalue weighted by molar-refractivity contribution is 5.70. The van der Waals surface area contributed by atoms with Gasteiger partial charge in [0.25, 0.3) is 0 Å². The van der Waals surface area contributed by atoms with Crippen molar-refractivity contribution < 1.29 is 9.53 Å². The molecule has 2 rings (SSSR count). The topological polar surface area (TPSA) is 53.3 Å². The van der Waals surface area contributed by atoms with Gasteiger partial charge in [-0.2, -0.15) is 5.26 Å². The van der Waals surface area contributed by atoms with E-state index < -0.39 is 11.1 Å². The number of likely N-dealkylation sites (tertiary alicyclic amines) is 1. The van der Waals surface area contributed by atoms with Gasteiger partial charge >= 0.3 is 6.09 Å². The average Bonchev–Trinajstić information content (AvgIpc) is 2.62. The van der Waals surface area contributed by atoms with Crippen molar-refractivity contribution in [3.05, 3.63) is 0 Å². The first-order valence-corrected chi connectivity index (χ1v) is 7.20. The van der Waals surface area contributed by atoms with Crippen LogP contribution in [0.25, 0.3) is 0 Å². The predicted molar refractivity (Wildman–Crippen MR) is 72.4 cm³/mol. The van der Waals surface area contributed by atoms with Crippen LogP contribution < -0.4 is 0 Å². The summed E-state index contributed by atoms with van der Waals surface area (Å²) >= 11 is 0. The van der Waals surface area contributed by atoms with Crippen LogP contribution >= 0.6 is 0 Å². The zero-order chi connectivity index (χ0) is 14.3. The molecule has 1 amide bonds. The Kier molecular flexibility index (Phi) is 3.51. The van der Waals surface area contributed by atoms with Crippen LogP contribution in [0.5, 0.6) is 0 Å². The van der Waals surface area contributed by atoms with Gasteiger partial charge in [-0.05, 0) is 46.5 Å². The third-order valence-electron chi connectivity index (χ3n) is 4.45. The van der Waals surface area contributed by atoms with E-state index in [1.165, 1.54) is 12.8 Å². The van der Waals surface area contributed by atoms with Crippen LogP contribution in [0.15, 0.2) is 0 Å². The second-order valence-corrected chi connectivity index (χ2v) is 7.00. The quantitative estimate of drug-likeness (QED) is 0.674. The van der Waals surface area contributed by atoms with Gasteiger partial charge in [0, 0.05) is 12.5 Å². The van der Waals surface area contributed by atoms with Gasteiger partial charge in [0.15, 0.2) is 0 Å². The number of ether oxygens (including phenoxy) is 1. The van der Waals surface area contributed by atoms with Crippen LogP contribution in [0.3, 0.4) is 0 Å². The molecule has 0 aromatic rings. The van der Waals surface area contributed by atoms with Crippen LogP contribution in [0, 0.1) is 23.2 Å². The molecule has 3 atom stereocenters. The van der Waals surface area contributed by atoms with Gasteiger partial charge in [-0.1, -0.05) is 12.8 Å². The van der Waals surface area contributed by atoms with E-state index in [9.17, 15) is 10.1 Å². The van der Waals surface area contributed by atoms with E-state index in [2.05, 4.69) is 6.07 Å². The van der Waals surface area contributed by atoms with Gasteiger partial charge < -0.3 is 4.74 Å². The summed E-state index contributed by atoms with van der Waals surface area (Å²) in [6.07, 6.45) is 4.21. The van der Waals surface area contributed by atoms with Gasteiger partial charge in [0.05, 0.1) is 6.07 Å². The monoisotopic (exact) mass is 264 g/mol. The van der Waals surface area contributed by atoms with Crippen LogP contribution in [-0.2, 0) is 4.74 Å². The van der Waals surface area contributed by atoms with Gasteiger partial charge in [-0.25, -0.2) is 4.79 Å². The lowest BCUT2D eigenvalue weighted by molar-refractivity contribution is 0.0142. The van der Waals surface area contributed by atoms with Gasteiger partial charge in [0.1, 0.15) is 11.1 Å². The van der Waals surface area contributed by atoms with Crippen molar-refractivity contribution in [2.75, 3.05) is 6.54 Å². The Labute approximate surface area is 115 Å². The van der Waals surface area contributed by atoms with Crippen molar-refractivity contribution in [2.24, 2.45) is 11.8 Å². The van der Waals surface area contributed by atoms with Crippen molar-refractivity contribution in [1.82, 2.24) is 4.90 Å². The minimum atomic E-state index is -0.701. The van der Waals surface area contributed by atoms with Crippen molar-refractivity contribution in [1.29, 1.82) is 5.26 Å². The summed E-state index contributed by atoms with van der Waals surface area (Å²) in [5.74, 6) is 0.768. The number of hydrogen-bond acceptors (Lipinski definition) is 3. The second-order valence-electron chi connectivity index (χ2n) is 7.00. The summed E-state index contributed by atoms with van der Waals surface area (Å²) in [7, 11) is 0. The van der Waals surface area contributed by atoms with Gasteiger partial charge in [-0.3, -0.25) is 4.90 Å². The zero-order valence-electron chi connectivity index (χ0n) is 12.4. The number of nitrogens with zero attached hydrogens (tertiary/aromatic N) is 2. The second kappa shape index (κ2) is 4.70. The minimum absolute atomic E-state index is 0.304. The maximum atomic E-state index is 12.3. The zero-order valence-corrected chi connectivity index (χ0v) is 12.4. The number of carbonyl (C=O) groups excluding carboxylic acids is 1. The molecule has 1 heterocycles. The van der Waals surface area contributed by atoms with Gasteiger partial charge in [-0.15, -0.1) is 0 Å². The molecular formula is C15H24N2O2. The Morgan fingerprint density at radius 3 is 2.58 bits per heavy atom. The summed E-state index contributed by atoms with van der Waals surface area (Å²) in [6.45, 7) is 8.14. The molecule has 1 saturated carbocycles. The molecule has 0 N–H and O–H groups in total.